The number of hydrogen-bond acceptors (Lipinski definition) is 3. The van der Waals surface area contributed by atoms with E-state index in [0.717, 1.165) is 64.0 Å². The highest BCUT2D eigenvalue weighted by Crippen LogP contribution is 2.27. The van der Waals surface area contributed by atoms with Gasteiger partial charge < -0.3 is 9.64 Å². The first-order valence-electron chi connectivity index (χ1n) is 8.54. The fourth-order valence-electron chi connectivity index (χ4n) is 3.70. The Hall–Kier alpha value is -1.42. The van der Waals surface area contributed by atoms with Gasteiger partial charge in [-0.1, -0.05) is 0 Å². The van der Waals surface area contributed by atoms with Gasteiger partial charge in [-0.05, 0) is 63.1 Å². The maximum absolute atomic E-state index is 12.7. The molecule has 0 unspecified atom stereocenters. The van der Waals surface area contributed by atoms with E-state index in [1.54, 1.807) is 0 Å². The molecule has 2 aliphatic heterocycles. The maximum atomic E-state index is 12.7. The van der Waals surface area contributed by atoms with Gasteiger partial charge in [-0.3, -0.25) is 9.78 Å². The number of pyridine rings is 1. The average molecular weight is 302 g/mol. The van der Waals surface area contributed by atoms with Gasteiger partial charge in [0.1, 0.15) is 0 Å². The van der Waals surface area contributed by atoms with Gasteiger partial charge >= 0.3 is 0 Å². The van der Waals surface area contributed by atoms with E-state index in [0.29, 0.717) is 11.9 Å². The number of ether oxygens (including phenoxy) is 1. The quantitative estimate of drug-likeness (QED) is 0.859. The lowest BCUT2D eigenvalue weighted by Crippen LogP contribution is -2.41. The Labute approximate surface area is 132 Å². The molecule has 1 amide bonds. The van der Waals surface area contributed by atoms with Crippen molar-refractivity contribution in [3.05, 3.63) is 29.6 Å². The second-order valence-electron chi connectivity index (χ2n) is 6.56. The SMILES string of the molecule is Cc1cc(CC[C@H]2CCCN2C(=O)C2CCOCC2)ccn1. The Morgan fingerprint density at radius 2 is 2.18 bits per heavy atom. The van der Waals surface area contributed by atoms with E-state index in [2.05, 4.69) is 22.0 Å². The van der Waals surface area contributed by atoms with Crippen LogP contribution in [0.15, 0.2) is 18.3 Å². The van der Waals surface area contributed by atoms with Gasteiger partial charge in [-0.25, -0.2) is 0 Å². The molecule has 3 heterocycles. The topological polar surface area (TPSA) is 42.4 Å². The minimum atomic E-state index is 0.192. The number of aromatic nitrogens is 1. The van der Waals surface area contributed by atoms with Crippen LogP contribution < -0.4 is 0 Å². The van der Waals surface area contributed by atoms with Crippen LogP contribution >= 0.6 is 0 Å². The summed E-state index contributed by atoms with van der Waals surface area (Å²) in [5, 5.41) is 0. The molecule has 0 N–H and O–H groups in total. The molecule has 1 atom stereocenters. The summed E-state index contributed by atoms with van der Waals surface area (Å²) in [5.41, 5.74) is 2.40. The van der Waals surface area contributed by atoms with Crippen molar-refractivity contribution >= 4 is 5.91 Å². The second kappa shape index (κ2) is 7.23. The van der Waals surface area contributed by atoms with Gasteiger partial charge in [-0.2, -0.15) is 0 Å². The van der Waals surface area contributed by atoms with Crippen molar-refractivity contribution in [2.75, 3.05) is 19.8 Å². The molecule has 4 nitrogen and oxygen atoms in total. The number of rotatable bonds is 4. The molecule has 2 aliphatic rings. The molecule has 0 aromatic carbocycles. The largest absolute Gasteiger partial charge is 0.381 e. The van der Waals surface area contributed by atoms with Gasteiger partial charge in [0.2, 0.25) is 5.91 Å². The molecule has 1 aromatic rings. The summed E-state index contributed by atoms with van der Waals surface area (Å²) >= 11 is 0. The molecule has 4 heteroatoms. The number of hydrogen-bond donors (Lipinski definition) is 0. The Morgan fingerprint density at radius 1 is 1.36 bits per heavy atom. The summed E-state index contributed by atoms with van der Waals surface area (Å²) < 4.78 is 5.38. The molecule has 0 saturated carbocycles. The van der Waals surface area contributed by atoms with Crippen LogP contribution in [0.5, 0.6) is 0 Å². The van der Waals surface area contributed by atoms with Crippen molar-refractivity contribution in [1.82, 2.24) is 9.88 Å². The molecule has 2 saturated heterocycles. The van der Waals surface area contributed by atoms with Crippen molar-refractivity contribution in [1.29, 1.82) is 0 Å². The lowest BCUT2D eigenvalue weighted by Gasteiger charge is -2.30. The number of amides is 1. The van der Waals surface area contributed by atoms with E-state index in [1.807, 2.05) is 13.1 Å². The summed E-state index contributed by atoms with van der Waals surface area (Å²) in [6.45, 7) is 4.45. The third-order valence-electron chi connectivity index (χ3n) is 4.96. The molecular formula is C18H26N2O2. The molecular weight excluding hydrogens is 276 g/mol. The van der Waals surface area contributed by atoms with E-state index >= 15 is 0 Å². The number of likely N-dealkylation sites (tertiary alicyclic amines) is 1. The zero-order chi connectivity index (χ0) is 15.4. The smallest absolute Gasteiger partial charge is 0.226 e. The van der Waals surface area contributed by atoms with Gasteiger partial charge in [0.05, 0.1) is 0 Å². The molecule has 0 spiro atoms. The fourth-order valence-corrected chi connectivity index (χ4v) is 3.70. The molecule has 0 bridgehead atoms. The van der Waals surface area contributed by atoms with E-state index in [1.165, 1.54) is 5.56 Å². The third kappa shape index (κ3) is 3.67. The molecule has 2 fully saturated rings. The summed E-state index contributed by atoms with van der Waals surface area (Å²) in [5.74, 6) is 0.564. The Morgan fingerprint density at radius 3 is 2.95 bits per heavy atom. The van der Waals surface area contributed by atoms with Crippen LogP contribution in [0.4, 0.5) is 0 Å². The van der Waals surface area contributed by atoms with Crippen molar-refractivity contribution in [3.63, 3.8) is 0 Å². The lowest BCUT2D eigenvalue weighted by molar-refractivity contribution is -0.139. The summed E-state index contributed by atoms with van der Waals surface area (Å²) in [4.78, 5) is 19.1. The van der Waals surface area contributed by atoms with E-state index in [9.17, 15) is 4.79 Å². The highest BCUT2D eigenvalue weighted by molar-refractivity contribution is 5.79. The summed E-state index contributed by atoms with van der Waals surface area (Å²) in [7, 11) is 0. The van der Waals surface area contributed by atoms with Crippen LogP contribution in [0.1, 0.15) is 43.4 Å². The van der Waals surface area contributed by atoms with Gasteiger partial charge in [0.25, 0.3) is 0 Å². The van der Waals surface area contributed by atoms with Gasteiger partial charge in [0.15, 0.2) is 0 Å². The van der Waals surface area contributed by atoms with Crippen LogP contribution in [-0.4, -0.2) is 41.6 Å². The fraction of sp³-hybridized carbons (Fsp3) is 0.667. The minimum Gasteiger partial charge on any atom is -0.381 e. The molecule has 0 radical (unpaired) electrons. The van der Waals surface area contributed by atoms with Crippen LogP contribution in [0, 0.1) is 12.8 Å². The molecule has 3 rings (SSSR count). The van der Waals surface area contributed by atoms with Crippen LogP contribution in [0.3, 0.4) is 0 Å². The predicted octanol–water partition coefficient (Wildman–Crippen LogP) is 2.74. The van der Waals surface area contributed by atoms with Crippen molar-refractivity contribution in [2.45, 2.75) is 51.5 Å². The molecule has 22 heavy (non-hydrogen) atoms. The standard InChI is InChI=1S/C18H26N2O2/c1-14-13-15(6-9-19-14)4-5-17-3-2-10-20(17)18(21)16-7-11-22-12-8-16/h6,9,13,16-17H,2-5,7-8,10-12H2,1H3/t17-/m1/s1. The Bertz CT molecular complexity index is 512. The van der Waals surface area contributed by atoms with Crippen LogP contribution in [0.25, 0.3) is 0 Å². The number of nitrogens with zero attached hydrogens (tertiary/aromatic N) is 2. The number of aryl methyl sites for hydroxylation is 2. The van der Waals surface area contributed by atoms with Gasteiger partial charge in [-0.15, -0.1) is 0 Å². The molecule has 1 aromatic heterocycles. The van der Waals surface area contributed by atoms with E-state index in [4.69, 9.17) is 4.74 Å². The zero-order valence-electron chi connectivity index (χ0n) is 13.5. The van der Waals surface area contributed by atoms with E-state index < -0.39 is 0 Å². The highest BCUT2D eigenvalue weighted by Gasteiger charge is 2.33. The van der Waals surface area contributed by atoms with Crippen molar-refractivity contribution < 1.29 is 9.53 Å². The second-order valence-corrected chi connectivity index (χ2v) is 6.56. The first kappa shape index (κ1) is 15.5. The lowest BCUT2D eigenvalue weighted by atomic mass is 9.97. The highest BCUT2D eigenvalue weighted by atomic mass is 16.5. The van der Waals surface area contributed by atoms with Crippen LogP contribution in [-0.2, 0) is 16.0 Å². The summed E-state index contributed by atoms with van der Waals surface area (Å²) in [6.07, 6.45) is 8.07. The monoisotopic (exact) mass is 302 g/mol. The van der Waals surface area contributed by atoms with Crippen LogP contribution in [0.2, 0.25) is 0 Å². The Balaban J connectivity index is 1.57. The van der Waals surface area contributed by atoms with Crippen molar-refractivity contribution in [3.8, 4) is 0 Å². The summed E-state index contributed by atoms with van der Waals surface area (Å²) in [6, 6.07) is 4.66. The van der Waals surface area contributed by atoms with Crippen molar-refractivity contribution in [2.24, 2.45) is 5.92 Å². The number of carbonyl (C=O) groups is 1. The first-order valence-corrected chi connectivity index (χ1v) is 8.54. The molecule has 120 valence electrons. The Kier molecular flexibility index (Phi) is 5.08. The zero-order valence-corrected chi connectivity index (χ0v) is 13.5. The number of carbonyl (C=O) groups excluding carboxylic acids is 1. The predicted molar refractivity (Wildman–Crippen MR) is 85.6 cm³/mol. The molecule has 0 aliphatic carbocycles. The first-order chi connectivity index (χ1) is 10.7. The minimum absolute atomic E-state index is 0.192. The maximum Gasteiger partial charge on any atom is 0.226 e. The normalized spacial score (nSPS) is 23.0. The third-order valence-corrected chi connectivity index (χ3v) is 4.96. The van der Waals surface area contributed by atoms with Gasteiger partial charge in [0, 0.05) is 43.6 Å². The van der Waals surface area contributed by atoms with E-state index in [-0.39, 0.29) is 5.92 Å². The average Bonchev–Trinajstić information content (AvgIpc) is 3.01.